The van der Waals surface area contributed by atoms with Gasteiger partial charge in [0, 0.05) is 94.7 Å². The summed E-state index contributed by atoms with van der Waals surface area (Å²) < 4.78 is 83.3. The number of amides is 2. The van der Waals surface area contributed by atoms with Crippen LogP contribution >= 0.6 is 0 Å². The van der Waals surface area contributed by atoms with Crippen molar-refractivity contribution >= 4 is 72.3 Å². The van der Waals surface area contributed by atoms with Crippen LogP contribution in [0.25, 0.3) is 0 Å². The molecule has 4 unspecified atom stereocenters. The number of hydrogen-bond acceptors (Lipinski definition) is 16. The third kappa shape index (κ3) is 23.7. The number of sulfone groups is 2. The Hall–Kier alpha value is -5.60. The van der Waals surface area contributed by atoms with Crippen LogP contribution in [0.5, 0.6) is 0 Å². The van der Waals surface area contributed by atoms with Crippen LogP contribution in [0.4, 0.5) is 13.2 Å². The normalized spacial score (nSPS) is 25.8. The van der Waals surface area contributed by atoms with E-state index in [0.29, 0.717) is 77.3 Å². The van der Waals surface area contributed by atoms with Gasteiger partial charge in [0.15, 0.2) is 37.0 Å². The standard InChI is InChI=1S/C39H61NO7S.C27H45NO6S.C11H17NO2.C2HF3O2/c1-11-13-17-26(35(44)30(42)19-14-12-2)22-31(43)34-33-29(39(33,9)10)24-40(34)36(45)28(37(3,4)5)23-27(41)21-25-18-15-16-20-32(25)48(46,47)38(6,7)8;1-25(2,3)18(23(30)28-15-19-21(27(19,7)8)22(28)24(31)32)14-17(29)13-16-11-9-10-12-20(16)35(33,34)26(4,5)6;1-3-5-7-9(12)11(14)10(13)8-6-4-2;3-2(4,5)1(6)7/h1,12,25-26,28-29,32-35,44H,2,13-24H2,3-10H3;16,18-22H,9-15H2,1-8H3,(H,31,32);1,4,9,11,14H,2,5-8,12H2;(H,6,7)/t25-,26?,28-,29+,32-,33+,34-,35?;16-,18-,19+,20-,21+,22+;;/m11../s1. The SMILES string of the molecule is C#CCCC(CC(=O)[C@@H]1[C@@H]2[C@H](CN1C(=O)[C@@H](CC(=O)C[C@H]1CCCC[C@H]1S(=O)(=O)C(C)(C)C)C(C)(C)C)C2(C)C)C(O)C(=O)CCC=C.C#CCCC(N)C(O)C(=O)CCC=C.CC(C)(C)[C@H](CC(=O)C[C@H]1CCCC[C@H]1S(=O)(=O)C(C)(C)C)C(=O)N1C[C@H]2[C@@H]([C@H]1C(=O)O)C2(C)C.O=C(O)C(F)(F)F. The van der Waals surface area contributed by atoms with Gasteiger partial charge in [0.1, 0.15) is 29.8 Å². The van der Waals surface area contributed by atoms with Crippen LogP contribution < -0.4 is 5.73 Å². The topological polar surface area (TPSA) is 335 Å². The second-order valence-electron chi connectivity index (χ2n) is 35.2. The van der Waals surface area contributed by atoms with Gasteiger partial charge in [-0.2, -0.15) is 13.2 Å². The average molecular weight is 1510 g/mol. The Balaban J connectivity index is 0.000000433. The van der Waals surface area contributed by atoms with Gasteiger partial charge in [-0.15, -0.1) is 37.8 Å². The van der Waals surface area contributed by atoms with E-state index in [4.69, 9.17) is 28.5 Å². The van der Waals surface area contributed by atoms with Gasteiger partial charge in [0.05, 0.1) is 26.0 Å². The number of Topliss-reactive ketones (excluding diaryl/α,β-unsaturated/α-hetero) is 5. The predicted octanol–water partition coefficient (Wildman–Crippen LogP) is 11.7. The highest BCUT2D eigenvalue weighted by molar-refractivity contribution is 7.93. The number of hydrogen-bond donors (Lipinski definition) is 5. The van der Waals surface area contributed by atoms with E-state index in [1.165, 1.54) is 4.90 Å². The van der Waals surface area contributed by atoms with Gasteiger partial charge in [-0.05, 0) is 150 Å². The summed E-state index contributed by atoms with van der Waals surface area (Å²) in [7, 11) is -6.86. The maximum absolute atomic E-state index is 14.5. The molecule has 2 saturated heterocycles. The number of ketones is 5. The summed E-state index contributed by atoms with van der Waals surface area (Å²) in [6.45, 7) is 38.1. The second-order valence-corrected chi connectivity index (χ2v) is 41.0. The number of halogens is 3. The number of carboxylic acid groups (broad SMARTS) is 2. The van der Waals surface area contributed by atoms with Crippen molar-refractivity contribution < 1.29 is 93.6 Å². The van der Waals surface area contributed by atoms with Gasteiger partial charge in [0.25, 0.3) is 0 Å². The van der Waals surface area contributed by atoms with Crippen molar-refractivity contribution in [2.24, 2.45) is 80.7 Å². The Labute approximate surface area is 618 Å². The van der Waals surface area contributed by atoms with Gasteiger partial charge in [0.2, 0.25) is 11.8 Å². The smallest absolute Gasteiger partial charge is 0.480 e. The van der Waals surface area contributed by atoms with E-state index < -0.39 is 117 Å². The molecule has 16 atom stereocenters. The van der Waals surface area contributed by atoms with Crippen LogP contribution in [0.3, 0.4) is 0 Å². The maximum Gasteiger partial charge on any atom is 0.490 e. The number of rotatable bonds is 30. The first-order valence-corrected chi connectivity index (χ1v) is 40.0. The summed E-state index contributed by atoms with van der Waals surface area (Å²) in [5, 5.41) is 36.3. The van der Waals surface area contributed by atoms with Crippen molar-refractivity contribution in [2.75, 3.05) is 13.1 Å². The molecule has 0 aromatic carbocycles. The number of aliphatic hydroxyl groups is 2. The molecule has 4 saturated carbocycles. The number of aliphatic hydroxyl groups excluding tert-OH is 2. The van der Waals surface area contributed by atoms with Crippen LogP contribution in [0.1, 0.15) is 246 Å². The van der Waals surface area contributed by atoms with Gasteiger partial charge in [-0.25, -0.2) is 26.4 Å². The predicted molar refractivity (Wildman–Crippen MR) is 395 cm³/mol. The van der Waals surface area contributed by atoms with Crippen LogP contribution in [0.2, 0.25) is 0 Å². The molecule has 20 nitrogen and oxygen atoms in total. The fourth-order valence-electron chi connectivity index (χ4n) is 16.1. The number of fused-ring (bicyclic) bond motifs is 2. The van der Waals surface area contributed by atoms with Crippen molar-refractivity contribution in [1.82, 2.24) is 9.80 Å². The number of aliphatic carboxylic acids is 2. The van der Waals surface area contributed by atoms with E-state index in [2.05, 4.69) is 52.7 Å². The fourth-order valence-corrected chi connectivity index (χ4v) is 20.3. The minimum absolute atomic E-state index is 0.0153. The van der Waals surface area contributed by atoms with Crippen molar-refractivity contribution in [3.8, 4) is 24.7 Å². The van der Waals surface area contributed by atoms with E-state index in [1.807, 2.05) is 41.5 Å². The monoisotopic (exact) mass is 1510 g/mol. The summed E-state index contributed by atoms with van der Waals surface area (Å²) in [6.07, 6.45) is 15.4. The molecule has 0 bridgehead atoms. The molecule has 0 radical (unpaired) electrons. The van der Waals surface area contributed by atoms with Crippen LogP contribution in [0.15, 0.2) is 25.3 Å². The minimum atomic E-state index is -5.08. The number of allylic oxidation sites excluding steroid dienone is 2. The first-order chi connectivity index (χ1) is 47.5. The van der Waals surface area contributed by atoms with Gasteiger partial charge < -0.3 is 36.0 Å². The molecular weight excluding hydrogens is 1380 g/mol. The number of alkyl halides is 3. The zero-order chi connectivity index (χ0) is 80.2. The Kier molecular flexibility index (Phi) is 32.9. The number of likely N-dealkylation sites (tertiary alicyclic amines) is 2. The number of carbonyl (C=O) groups is 9. The molecule has 2 aliphatic heterocycles. The summed E-state index contributed by atoms with van der Waals surface area (Å²) >= 11 is 0. The molecule has 104 heavy (non-hydrogen) atoms. The number of piperidine rings is 2. The molecule has 590 valence electrons. The molecule has 6 rings (SSSR count). The molecule has 6 aliphatic rings. The number of nitrogens with zero attached hydrogens (tertiary/aromatic N) is 2. The quantitative estimate of drug-likeness (QED) is 0.0329. The molecule has 25 heteroatoms. The summed E-state index contributed by atoms with van der Waals surface area (Å²) in [5.41, 5.74) is 4.25. The molecular formula is C79H124F3N3O17S2. The van der Waals surface area contributed by atoms with E-state index >= 15 is 0 Å². The minimum Gasteiger partial charge on any atom is -0.480 e. The summed E-state index contributed by atoms with van der Waals surface area (Å²) in [4.78, 5) is 118. The third-order valence-corrected chi connectivity index (χ3v) is 29.2. The van der Waals surface area contributed by atoms with E-state index in [-0.39, 0.29) is 132 Å². The van der Waals surface area contributed by atoms with Gasteiger partial charge >= 0.3 is 18.1 Å². The first-order valence-electron chi connectivity index (χ1n) is 36.9. The molecule has 2 heterocycles. The average Bonchev–Trinajstić information content (AvgIpc) is 1.53. The fraction of sp³-hybridized carbons (Fsp3) is 0.785. The summed E-state index contributed by atoms with van der Waals surface area (Å²) in [6, 6.07) is -2.11. The molecule has 0 spiro atoms. The van der Waals surface area contributed by atoms with Crippen molar-refractivity contribution in [2.45, 2.75) is 302 Å². The highest BCUT2D eigenvalue weighted by atomic mass is 32.2. The van der Waals surface area contributed by atoms with Crippen LogP contribution in [-0.2, 0) is 62.8 Å². The Morgan fingerprint density at radius 2 is 0.923 bits per heavy atom. The number of carbonyl (C=O) groups excluding carboxylic acids is 7. The van der Waals surface area contributed by atoms with Crippen LogP contribution in [-0.4, -0.2) is 169 Å². The lowest BCUT2D eigenvalue weighted by Gasteiger charge is -2.38. The van der Waals surface area contributed by atoms with Crippen molar-refractivity contribution in [3.63, 3.8) is 0 Å². The van der Waals surface area contributed by atoms with Crippen molar-refractivity contribution in [1.29, 1.82) is 0 Å². The molecule has 6 fully saturated rings. The zero-order valence-electron chi connectivity index (χ0n) is 64.7. The van der Waals surface area contributed by atoms with E-state index in [9.17, 15) is 83.7 Å². The lowest BCUT2D eigenvalue weighted by atomic mass is 9.75. The Morgan fingerprint density at radius 1 is 0.577 bits per heavy atom. The second kappa shape index (κ2) is 37.0. The highest BCUT2D eigenvalue weighted by Crippen LogP contribution is 2.66. The van der Waals surface area contributed by atoms with E-state index in [0.717, 1.165) is 25.7 Å². The third-order valence-electron chi connectivity index (χ3n) is 23.0. The summed E-state index contributed by atoms with van der Waals surface area (Å²) in [5.74, 6) is -2.53. The molecule has 0 aromatic rings. The molecule has 0 aromatic heterocycles. The number of carboxylic acids is 2. The van der Waals surface area contributed by atoms with E-state index in [1.54, 1.807) is 58.6 Å². The lowest BCUT2D eigenvalue weighted by Crippen LogP contribution is -2.51. The maximum atomic E-state index is 14.5. The molecule has 4 aliphatic carbocycles. The van der Waals surface area contributed by atoms with Gasteiger partial charge in [-0.1, -0.05) is 107 Å². The Morgan fingerprint density at radius 3 is 1.26 bits per heavy atom. The lowest BCUT2D eigenvalue weighted by molar-refractivity contribution is -0.192. The Bertz CT molecular complexity index is 3390. The molecule has 2 amide bonds. The van der Waals surface area contributed by atoms with Crippen LogP contribution in [0, 0.1) is 99.6 Å². The molecule has 6 N–H and O–H groups in total. The number of terminal acetylenes is 2. The highest BCUT2D eigenvalue weighted by Gasteiger charge is 2.71. The number of nitrogens with two attached hydrogens (primary N) is 1. The van der Waals surface area contributed by atoms with Crippen molar-refractivity contribution in [3.05, 3.63) is 25.3 Å². The van der Waals surface area contributed by atoms with Gasteiger partial charge in [-0.3, -0.25) is 33.6 Å². The first kappa shape index (κ1) is 92.6. The zero-order valence-corrected chi connectivity index (χ0v) is 66.4. The largest absolute Gasteiger partial charge is 0.490 e.